The van der Waals surface area contributed by atoms with Gasteiger partial charge in [-0.2, -0.15) is 0 Å². The van der Waals surface area contributed by atoms with Gasteiger partial charge in [0.1, 0.15) is 0 Å². The highest BCUT2D eigenvalue weighted by molar-refractivity contribution is 14.0. The Morgan fingerprint density at radius 1 is 1.41 bits per heavy atom. The summed E-state index contributed by atoms with van der Waals surface area (Å²) in [6, 6.07) is 7.95. The smallest absolute Gasteiger partial charge is 0.228 e. The molecular formula is C16H23IN4O. The standard InChI is InChI=1S/C16H22N4O.HI/c17-16(18-10-12-3-1-4-12)19-11-13-5-2-6-14(9-13)20-8-7-15(20)21;/h2,5-6,9,12H,1,3-4,7-8,10-11H2,(H3,17,18,19);1H. The van der Waals surface area contributed by atoms with Crippen molar-refractivity contribution >= 4 is 41.5 Å². The Hall–Kier alpha value is -1.31. The first-order valence-corrected chi connectivity index (χ1v) is 7.65. The number of carbonyl (C=O) groups is 1. The number of hydrogen-bond acceptors (Lipinski definition) is 2. The molecule has 5 nitrogen and oxygen atoms in total. The number of guanidine groups is 1. The molecule has 6 heteroatoms. The number of benzene rings is 1. The Balaban J connectivity index is 0.00000176. The summed E-state index contributed by atoms with van der Waals surface area (Å²) in [6.07, 6.45) is 4.59. The monoisotopic (exact) mass is 414 g/mol. The van der Waals surface area contributed by atoms with E-state index in [4.69, 9.17) is 5.73 Å². The van der Waals surface area contributed by atoms with Crippen molar-refractivity contribution in [3.05, 3.63) is 29.8 Å². The largest absolute Gasteiger partial charge is 0.370 e. The van der Waals surface area contributed by atoms with Gasteiger partial charge < -0.3 is 16.0 Å². The number of aliphatic imine (C=N–C) groups is 1. The lowest BCUT2D eigenvalue weighted by Crippen LogP contribution is -2.43. The SMILES string of the molecule is I.NC(=NCc1cccc(N2CCC2=O)c1)NCC1CCC1. The van der Waals surface area contributed by atoms with E-state index in [1.54, 1.807) is 4.90 Å². The Labute approximate surface area is 148 Å². The van der Waals surface area contributed by atoms with Crippen LogP contribution in [0, 0.1) is 5.92 Å². The van der Waals surface area contributed by atoms with Crippen molar-refractivity contribution in [2.45, 2.75) is 32.2 Å². The molecule has 0 bridgehead atoms. The minimum atomic E-state index is 0. The molecule has 3 rings (SSSR count). The maximum Gasteiger partial charge on any atom is 0.228 e. The molecule has 0 radical (unpaired) electrons. The number of amides is 1. The summed E-state index contributed by atoms with van der Waals surface area (Å²) in [5.41, 5.74) is 7.91. The molecule has 0 unspecified atom stereocenters. The molecule has 3 N–H and O–H groups in total. The van der Waals surface area contributed by atoms with Gasteiger partial charge in [0.15, 0.2) is 5.96 Å². The van der Waals surface area contributed by atoms with Crippen LogP contribution in [0.1, 0.15) is 31.2 Å². The molecule has 0 spiro atoms. The van der Waals surface area contributed by atoms with Gasteiger partial charge in [0.2, 0.25) is 5.91 Å². The highest BCUT2D eigenvalue weighted by atomic mass is 127. The van der Waals surface area contributed by atoms with E-state index in [-0.39, 0.29) is 29.9 Å². The zero-order chi connectivity index (χ0) is 14.7. The Bertz CT molecular complexity index is 557. The lowest BCUT2D eigenvalue weighted by molar-refractivity contribution is -0.122. The molecule has 2 fully saturated rings. The summed E-state index contributed by atoms with van der Waals surface area (Å²) < 4.78 is 0. The quantitative estimate of drug-likeness (QED) is 0.336. The van der Waals surface area contributed by atoms with Gasteiger partial charge >= 0.3 is 0 Å². The number of anilines is 1. The average Bonchev–Trinajstić information content (AvgIpc) is 2.42. The molecule has 22 heavy (non-hydrogen) atoms. The van der Waals surface area contributed by atoms with E-state index in [1.807, 2.05) is 24.3 Å². The van der Waals surface area contributed by atoms with E-state index in [0.29, 0.717) is 18.9 Å². The molecule has 1 saturated carbocycles. The second kappa shape index (κ2) is 7.80. The van der Waals surface area contributed by atoms with Crippen LogP contribution in [0.4, 0.5) is 5.69 Å². The van der Waals surface area contributed by atoms with Crippen molar-refractivity contribution in [3.8, 4) is 0 Å². The second-order valence-corrected chi connectivity index (χ2v) is 5.84. The van der Waals surface area contributed by atoms with E-state index in [0.717, 1.165) is 30.3 Å². The molecule has 120 valence electrons. The second-order valence-electron chi connectivity index (χ2n) is 5.84. The first kappa shape index (κ1) is 17.1. The van der Waals surface area contributed by atoms with Gasteiger partial charge in [-0.3, -0.25) is 4.79 Å². The van der Waals surface area contributed by atoms with Gasteiger partial charge in [0.25, 0.3) is 0 Å². The fourth-order valence-corrected chi connectivity index (χ4v) is 2.59. The van der Waals surface area contributed by atoms with Crippen LogP contribution in [0.5, 0.6) is 0 Å². The lowest BCUT2D eigenvalue weighted by Gasteiger charge is -2.30. The third kappa shape index (κ3) is 4.12. The Morgan fingerprint density at radius 2 is 2.23 bits per heavy atom. The summed E-state index contributed by atoms with van der Waals surface area (Å²) in [7, 11) is 0. The van der Waals surface area contributed by atoms with Gasteiger partial charge in [0.05, 0.1) is 6.54 Å². The number of nitrogens with one attached hydrogen (secondary N) is 1. The normalized spacial score (nSPS) is 18.3. The van der Waals surface area contributed by atoms with E-state index >= 15 is 0 Å². The Morgan fingerprint density at radius 3 is 2.82 bits per heavy atom. The van der Waals surface area contributed by atoms with Crippen molar-refractivity contribution in [1.29, 1.82) is 0 Å². The van der Waals surface area contributed by atoms with Crippen molar-refractivity contribution in [2.24, 2.45) is 16.6 Å². The number of halogens is 1. The summed E-state index contributed by atoms with van der Waals surface area (Å²) in [6.45, 7) is 2.29. The first-order valence-electron chi connectivity index (χ1n) is 7.65. The molecule has 1 amide bonds. The third-order valence-corrected chi connectivity index (χ3v) is 4.30. The van der Waals surface area contributed by atoms with Crippen molar-refractivity contribution in [1.82, 2.24) is 5.32 Å². The Kier molecular flexibility index (Phi) is 6.05. The van der Waals surface area contributed by atoms with Gasteiger partial charge in [0, 0.05) is 25.2 Å². The molecule has 1 aromatic carbocycles. The maximum absolute atomic E-state index is 11.5. The fourth-order valence-electron chi connectivity index (χ4n) is 2.59. The van der Waals surface area contributed by atoms with Gasteiger partial charge in [-0.15, -0.1) is 24.0 Å². The van der Waals surface area contributed by atoms with Crippen molar-refractivity contribution in [2.75, 3.05) is 18.0 Å². The zero-order valence-electron chi connectivity index (χ0n) is 12.6. The van der Waals surface area contributed by atoms with Crippen molar-refractivity contribution < 1.29 is 4.79 Å². The van der Waals surface area contributed by atoms with Crippen LogP contribution in [-0.2, 0) is 11.3 Å². The minimum absolute atomic E-state index is 0. The number of carbonyl (C=O) groups excluding carboxylic acids is 1. The van der Waals surface area contributed by atoms with Crippen LogP contribution in [0.3, 0.4) is 0 Å². The van der Waals surface area contributed by atoms with Crippen LogP contribution in [0.25, 0.3) is 0 Å². The molecule has 1 aromatic rings. The lowest BCUT2D eigenvalue weighted by atomic mass is 9.85. The zero-order valence-corrected chi connectivity index (χ0v) is 15.0. The van der Waals surface area contributed by atoms with Crippen LogP contribution in [0.2, 0.25) is 0 Å². The van der Waals surface area contributed by atoms with Gasteiger partial charge in [-0.25, -0.2) is 4.99 Å². The van der Waals surface area contributed by atoms with Crippen LogP contribution in [0.15, 0.2) is 29.3 Å². The first-order chi connectivity index (χ1) is 10.2. The molecule has 1 saturated heterocycles. The number of β-lactam (4-membered cyclic amide) rings is 1. The number of rotatable bonds is 5. The van der Waals surface area contributed by atoms with Crippen molar-refractivity contribution in [3.63, 3.8) is 0 Å². The molecule has 0 aromatic heterocycles. The van der Waals surface area contributed by atoms with Gasteiger partial charge in [-0.05, 0) is 36.5 Å². The fraction of sp³-hybridized carbons (Fsp3) is 0.500. The molecular weight excluding hydrogens is 391 g/mol. The highest BCUT2D eigenvalue weighted by Crippen LogP contribution is 2.25. The minimum Gasteiger partial charge on any atom is -0.370 e. The van der Waals surface area contributed by atoms with Crippen LogP contribution >= 0.6 is 24.0 Å². The topological polar surface area (TPSA) is 70.7 Å². The molecule has 0 atom stereocenters. The number of hydrogen-bond donors (Lipinski definition) is 2. The van der Waals surface area contributed by atoms with Crippen LogP contribution in [-0.4, -0.2) is 25.0 Å². The highest BCUT2D eigenvalue weighted by Gasteiger charge is 2.24. The number of nitrogens with zero attached hydrogens (tertiary/aromatic N) is 2. The van der Waals surface area contributed by atoms with E-state index in [9.17, 15) is 4.79 Å². The van der Waals surface area contributed by atoms with E-state index in [1.165, 1.54) is 19.3 Å². The molecule has 2 aliphatic rings. The average molecular weight is 414 g/mol. The molecule has 1 aliphatic carbocycles. The predicted octanol–water partition coefficient (Wildman–Crippen LogP) is 2.25. The predicted molar refractivity (Wildman–Crippen MR) is 99.5 cm³/mol. The summed E-state index contributed by atoms with van der Waals surface area (Å²) in [4.78, 5) is 17.6. The molecule has 1 aliphatic heterocycles. The van der Waals surface area contributed by atoms with Gasteiger partial charge in [-0.1, -0.05) is 18.6 Å². The van der Waals surface area contributed by atoms with Crippen LogP contribution < -0.4 is 16.0 Å². The third-order valence-electron chi connectivity index (χ3n) is 4.30. The summed E-state index contributed by atoms with van der Waals surface area (Å²) >= 11 is 0. The molecule has 1 heterocycles. The van der Waals surface area contributed by atoms with E-state index in [2.05, 4.69) is 10.3 Å². The summed E-state index contributed by atoms with van der Waals surface area (Å²) in [5, 5.41) is 3.18. The maximum atomic E-state index is 11.5. The number of nitrogens with two attached hydrogens (primary N) is 1. The summed E-state index contributed by atoms with van der Waals surface area (Å²) in [5.74, 6) is 1.46. The van der Waals surface area contributed by atoms with E-state index < -0.39 is 0 Å².